The molecule has 0 spiro atoms. The number of carbonyl (C=O) groups is 2. The third-order valence-corrected chi connectivity index (χ3v) is 2.35. The number of nitrogens with zero attached hydrogens (tertiary/aromatic N) is 1. The van der Waals surface area contributed by atoms with E-state index in [-0.39, 0.29) is 19.8 Å². The normalized spacial score (nSPS) is 9.95. The third-order valence-electron chi connectivity index (χ3n) is 2.35. The molecule has 0 aliphatic rings. The number of ether oxygens (including phenoxy) is 2. The maximum Gasteiger partial charge on any atom is 0.410 e. The molecule has 104 valence electrons. The van der Waals surface area contributed by atoms with Crippen molar-refractivity contribution in [3.8, 4) is 0 Å². The van der Waals surface area contributed by atoms with Crippen LogP contribution >= 0.6 is 0 Å². The third kappa shape index (κ3) is 5.87. The van der Waals surface area contributed by atoms with E-state index in [1.807, 2.05) is 30.3 Å². The first kappa shape index (κ1) is 15.0. The minimum Gasteiger partial charge on any atom is -0.480 e. The van der Waals surface area contributed by atoms with E-state index in [0.717, 1.165) is 10.5 Å². The number of benzene rings is 1. The first-order valence-electron chi connectivity index (χ1n) is 5.80. The van der Waals surface area contributed by atoms with Gasteiger partial charge in [0.15, 0.2) is 0 Å². The number of carbonyl (C=O) groups excluding carboxylic acids is 1. The summed E-state index contributed by atoms with van der Waals surface area (Å²) < 4.78 is 9.88. The smallest absolute Gasteiger partial charge is 0.410 e. The number of carboxylic acid groups (broad SMARTS) is 1. The number of amides is 1. The Morgan fingerprint density at radius 1 is 1.26 bits per heavy atom. The lowest BCUT2D eigenvalue weighted by Gasteiger charge is -2.19. The van der Waals surface area contributed by atoms with E-state index in [1.54, 1.807) is 0 Å². The second-order valence-corrected chi connectivity index (χ2v) is 3.85. The van der Waals surface area contributed by atoms with Gasteiger partial charge in [-0.15, -0.1) is 0 Å². The molecule has 0 aromatic heterocycles. The van der Waals surface area contributed by atoms with Crippen LogP contribution in [0.4, 0.5) is 4.79 Å². The number of hydrogen-bond donors (Lipinski definition) is 1. The quantitative estimate of drug-likeness (QED) is 0.807. The van der Waals surface area contributed by atoms with Gasteiger partial charge in [-0.05, 0) is 5.56 Å². The van der Waals surface area contributed by atoms with Crippen molar-refractivity contribution in [3.05, 3.63) is 35.9 Å². The summed E-state index contributed by atoms with van der Waals surface area (Å²) in [6.07, 6.45) is -0.664. The molecule has 0 fully saturated rings. The molecule has 0 heterocycles. The zero-order valence-electron chi connectivity index (χ0n) is 10.7. The molecule has 1 amide bonds. The fourth-order valence-electron chi connectivity index (χ4n) is 1.41. The summed E-state index contributed by atoms with van der Waals surface area (Å²) in [5, 5.41) is 8.73. The number of hydrogen-bond acceptors (Lipinski definition) is 4. The molecular weight excluding hydrogens is 250 g/mol. The van der Waals surface area contributed by atoms with E-state index in [0.29, 0.717) is 0 Å². The summed E-state index contributed by atoms with van der Waals surface area (Å²) in [5.74, 6) is -1.09. The van der Waals surface area contributed by atoms with Crippen LogP contribution in [0.3, 0.4) is 0 Å². The minimum absolute atomic E-state index is 0.114. The first-order chi connectivity index (χ1) is 9.13. The SMILES string of the molecule is COCCN(CC(=O)O)C(=O)OCc1ccccc1. The largest absolute Gasteiger partial charge is 0.480 e. The van der Waals surface area contributed by atoms with Gasteiger partial charge >= 0.3 is 12.1 Å². The zero-order valence-corrected chi connectivity index (χ0v) is 10.7. The number of aliphatic carboxylic acids is 1. The van der Waals surface area contributed by atoms with Crippen molar-refractivity contribution in [1.29, 1.82) is 0 Å². The van der Waals surface area contributed by atoms with E-state index >= 15 is 0 Å². The Hall–Kier alpha value is -2.08. The van der Waals surface area contributed by atoms with Gasteiger partial charge in [-0.25, -0.2) is 4.79 Å². The maximum atomic E-state index is 11.7. The van der Waals surface area contributed by atoms with Crippen LogP contribution in [-0.4, -0.2) is 48.9 Å². The average molecular weight is 267 g/mol. The van der Waals surface area contributed by atoms with Gasteiger partial charge in [-0.2, -0.15) is 0 Å². The van der Waals surface area contributed by atoms with Crippen LogP contribution in [0.15, 0.2) is 30.3 Å². The minimum atomic E-state index is -1.09. The molecule has 6 heteroatoms. The summed E-state index contributed by atoms with van der Waals surface area (Å²) in [6.45, 7) is 0.143. The van der Waals surface area contributed by atoms with Crippen LogP contribution in [0.25, 0.3) is 0 Å². The predicted octanol–water partition coefficient (Wildman–Crippen LogP) is 1.36. The van der Waals surface area contributed by atoms with Crippen LogP contribution in [0.2, 0.25) is 0 Å². The molecule has 0 bridgehead atoms. The highest BCUT2D eigenvalue weighted by Crippen LogP contribution is 2.03. The van der Waals surface area contributed by atoms with Crippen LogP contribution in [0.5, 0.6) is 0 Å². The highest BCUT2D eigenvalue weighted by molar-refractivity contribution is 5.76. The lowest BCUT2D eigenvalue weighted by molar-refractivity contribution is -0.138. The second-order valence-electron chi connectivity index (χ2n) is 3.85. The lowest BCUT2D eigenvalue weighted by Crippen LogP contribution is -2.38. The number of carboxylic acids is 1. The fraction of sp³-hybridized carbons (Fsp3) is 0.385. The number of rotatable bonds is 7. The van der Waals surface area contributed by atoms with E-state index in [9.17, 15) is 9.59 Å². The van der Waals surface area contributed by atoms with Crippen molar-refractivity contribution in [2.45, 2.75) is 6.61 Å². The molecule has 0 saturated heterocycles. The highest BCUT2D eigenvalue weighted by atomic mass is 16.6. The van der Waals surface area contributed by atoms with Crippen LogP contribution in [-0.2, 0) is 20.9 Å². The molecule has 0 aliphatic heterocycles. The van der Waals surface area contributed by atoms with Gasteiger partial charge in [-0.1, -0.05) is 30.3 Å². The second kappa shape index (κ2) is 8.10. The van der Waals surface area contributed by atoms with Crippen molar-refractivity contribution in [2.24, 2.45) is 0 Å². The molecule has 0 unspecified atom stereocenters. The molecule has 19 heavy (non-hydrogen) atoms. The van der Waals surface area contributed by atoms with E-state index < -0.39 is 18.6 Å². The maximum absolute atomic E-state index is 11.7. The predicted molar refractivity (Wildman–Crippen MR) is 67.7 cm³/mol. The molecule has 6 nitrogen and oxygen atoms in total. The van der Waals surface area contributed by atoms with Crippen molar-refractivity contribution in [1.82, 2.24) is 4.90 Å². The zero-order chi connectivity index (χ0) is 14.1. The Labute approximate surface area is 111 Å². The Morgan fingerprint density at radius 2 is 1.95 bits per heavy atom. The van der Waals surface area contributed by atoms with Gasteiger partial charge in [0.2, 0.25) is 0 Å². The Bertz CT molecular complexity index is 407. The summed E-state index contributed by atoms with van der Waals surface area (Å²) in [6, 6.07) is 9.18. The summed E-state index contributed by atoms with van der Waals surface area (Å²) in [7, 11) is 1.48. The Kier molecular flexibility index (Phi) is 6.38. The van der Waals surface area contributed by atoms with E-state index in [2.05, 4.69) is 0 Å². The topological polar surface area (TPSA) is 76.1 Å². The van der Waals surface area contributed by atoms with Gasteiger partial charge < -0.3 is 14.6 Å². The van der Waals surface area contributed by atoms with Crippen molar-refractivity contribution in [2.75, 3.05) is 26.8 Å². The van der Waals surface area contributed by atoms with E-state index in [4.69, 9.17) is 14.6 Å². The number of methoxy groups -OCH3 is 1. The fourth-order valence-corrected chi connectivity index (χ4v) is 1.41. The summed E-state index contributed by atoms with van der Waals surface area (Å²) >= 11 is 0. The molecule has 0 saturated carbocycles. The van der Waals surface area contributed by atoms with Crippen LogP contribution in [0.1, 0.15) is 5.56 Å². The van der Waals surface area contributed by atoms with Crippen LogP contribution in [0, 0.1) is 0 Å². The standard InChI is InChI=1S/C13H17NO5/c1-18-8-7-14(9-12(15)16)13(17)19-10-11-5-3-2-4-6-11/h2-6H,7-10H2,1H3,(H,15,16). The van der Waals surface area contributed by atoms with Gasteiger partial charge in [-0.3, -0.25) is 9.69 Å². The van der Waals surface area contributed by atoms with Gasteiger partial charge in [0, 0.05) is 13.7 Å². The Balaban J connectivity index is 2.48. The summed E-state index contributed by atoms with van der Waals surface area (Å²) in [4.78, 5) is 23.5. The summed E-state index contributed by atoms with van der Waals surface area (Å²) in [5.41, 5.74) is 0.845. The molecule has 1 rings (SSSR count). The molecule has 0 radical (unpaired) electrons. The van der Waals surface area contributed by atoms with Crippen molar-refractivity contribution >= 4 is 12.1 Å². The van der Waals surface area contributed by atoms with E-state index in [1.165, 1.54) is 7.11 Å². The molecule has 1 aromatic rings. The average Bonchev–Trinajstić information content (AvgIpc) is 2.41. The van der Waals surface area contributed by atoms with Crippen molar-refractivity contribution in [3.63, 3.8) is 0 Å². The van der Waals surface area contributed by atoms with Crippen molar-refractivity contribution < 1.29 is 24.2 Å². The van der Waals surface area contributed by atoms with Gasteiger partial charge in [0.1, 0.15) is 13.2 Å². The molecule has 0 atom stereocenters. The van der Waals surface area contributed by atoms with Crippen LogP contribution < -0.4 is 0 Å². The highest BCUT2D eigenvalue weighted by Gasteiger charge is 2.17. The molecule has 1 aromatic carbocycles. The molecular formula is C13H17NO5. The monoisotopic (exact) mass is 267 g/mol. The molecule has 0 aliphatic carbocycles. The Morgan fingerprint density at radius 3 is 2.53 bits per heavy atom. The first-order valence-corrected chi connectivity index (χ1v) is 5.80. The van der Waals surface area contributed by atoms with Gasteiger partial charge in [0.05, 0.1) is 6.61 Å². The lowest BCUT2D eigenvalue weighted by atomic mass is 10.2. The molecule has 1 N–H and O–H groups in total. The van der Waals surface area contributed by atoms with Gasteiger partial charge in [0.25, 0.3) is 0 Å².